The van der Waals surface area contributed by atoms with Gasteiger partial charge in [-0.25, -0.2) is 0 Å². The van der Waals surface area contributed by atoms with Gasteiger partial charge in [-0.1, -0.05) is 18.6 Å². The van der Waals surface area contributed by atoms with E-state index < -0.39 is 0 Å². The summed E-state index contributed by atoms with van der Waals surface area (Å²) in [5.74, 6) is 4.01. The zero-order valence-electron chi connectivity index (χ0n) is 12.0. The van der Waals surface area contributed by atoms with E-state index in [9.17, 15) is 0 Å². The Hall–Kier alpha value is -0.300. The largest absolute Gasteiger partial charge is 0.293 e. The summed E-state index contributed by atoms with van der Waals surface area (Å²) in [7, 11) is 0. The van der Waals surface area contributed by atoms with Crippen molar-refractivity contribution in [3.05, 3.63) is 11.6 Å². The highest BCUT2D eigenvalue weighted by atomic mass is 15.2. The minimum Gasteiger partial charge on any atom is -0.293 e. The number of hydrogen-bond donors (Lipinski definition) is 0. The summed E-state index contributed by atoms with van der Waals surface area (Å²) in [5.41, 5.74) is 2.24. The average Bonchev–Trinajstić information content (AvgIpc) is 2.25. The molecule has 1 nitrogen and oxygen atoms in total. The highest BCUT2D eigenvalue weighted by molar-refractivity contribution is 5.14. The minimum absolute atomic E-state index is 0.624. The van der Waals surface area contributed by atoms with E-state index >= 15 is 0 Å². The second-order valence-electron chi connectivity index (χ2n) is 8.01. The van der Waals surface area contributed by atoms with Gasteiger partial charge >= 0.3 is 0 Å². The van der Waals surface area contributed by atoms with Crippen molar-refractivity contribution in [2.45, 2.75) is 57.9 Å². The molecule has 18 heavy (non-hydrogen) atoms. The van der Waals surface area contributed by atoms with Crippen LogP contribution in [0.5, 0.6) is 0 Å². The van der Waals surface area contributed by atoms with Crippen LogP contribution in [0.25, 0.3) is 0 Å². The van der Waals surface area contributed by atoms with Crippen LogP contribution in [0.1, 0.15) is 52.4 Å². The lowest BCUT2D eigenvalue weighted by Crippen LogP contribution is -2.61. The third kappa shape index (κ3) is 1.70. The Morgan fingerprint density at radius 3 is 2.11 bits per heavy atom. The molecule has 1 unspecified atom stereocenters. The van der Waals surface area contributed by atoms with Crippen molar-refractivity contribution in [3.8, 4) is 0 Å². The highest BCUT2D eigenvalue weighted by Gasteiger charge is 2.53. The maximum Gasteiger partial charge on any atom is 0.0221 e. The Bertz CT molecular complexity index is 346. The first kappa shape index (κ1) is 11.5. The van der Waals surface area contributed by atoms with Gasteiger partial charge in [-0.05, 0) is 69.1 Å². The summed E-state index contributed by atoms with van der Waals surface area (Å²) in [6, 6.07) is 0. The zero-order valence-corrected chi connectivity index (χ0v) is 12.0. The number of hydrogen-bond acceptors (Lipinski definition) is 1. The Balaban J connectivity index is 1.62. The predicted molar refractivity (Wildman–Crippen MR) is 75.4 cm³/mol. The standard InChI is InChI=1S/C17H27N/c1-12-3-13(2)11-18(10-12)17-7-14-4-15(8-17)6-16(5-14)9-17/h3,12,14-16H,4-11H2,1-2H3. The van der Waals surface area contributed by atoms with Gasteiger partial charge in [0.1, 0.15) is 0 Å². The maximum atomic E-state index is 2.90. The third-order valence-electron chi connectivity index (χ3n) is 6.19. The molecule has 0 spiro atoms. The molecule has 0 amide bonds. The summed E-state index contributed by atoms with van der Waals surface area (Å²) in [4.78, 5) is 2.90. The molecule has 4 bridgehead atoms. The third-order valence-corrected chi connectivity index (χ3v) is 6.19. The zero-order chi connectivity index (χ0) is 12.3. The van der Waals surface area contributed by atoms with Crippen molar-refractivity contribution in [2.75, 3.05) is 13.1 Å². The fraction of sp³-hybridized carbons (Fsp3) is 0.882. The van der Waals surface area contributed by atoms with Gasteiger partial charge in [0, 0.05) is 18.6 Å². The predicted octanol–water partition coefficient (Wildman–Crippen LogP) is 3.85. The lowest BCUT2D eigenvalue weighted by Gasteiger charge is -2.61. The molecule has 5 rings (SSSR count). The molecule has 0 aromatic rings. The lowest BCUT2D eigenvalue weighted by molar-refractivity contribution is -0.0898. The highest BCUT2D eigenvalue weighted by Crippen LogP contribution is 2.58. The molecule has 4 fully saturated rings. The molecule has 1 atom stereocenters. The first-order valence-corrected chi connectivity index (χ1v) is 8.05. The number of rotatable bonds is 1. The van der Waals surface area contributed by atoms with Gasteiger partial charge in [0.15, 0.2) is 0 Å². The summed E-state index contributed by atoms with van der Waals surface area (Å²) in [6.45, 7) is 7.32. The SMILES string of the molecule is CC1=CC(C)CN(C23CC4CC(CC(C4)C2)C3)C1. The van der Waals surface area contributed by atoms with Crippen LogP contribution >= 0.6 is 0 Å². The molecule has 0 aromatic carbocycles. The first-order chi connectivity index (χ1) is 8.63. The van der Waals surface area contributed by atoms with Crippen molar-refractivity contribution in [1.29, 1.82) is 0 Å². The average molecular weight is 245 g/mol. The van der Waals surface area contributed by atoms with Gasteiger partial charge in [-0.15, -0.1) is 0 Å². The first-order valence-electron chi connectivity index (χ1n) is 8.05. The van der Waals surface area contributed by atoms with Gasteiger partial charge in [0.25, 0.3) is 0 Å². The van der Waals surface area contributed by atoms with Crippen LogP contribution in [0.15, 0.2) is 11.6 Å². The van der Waals surface area contributed by atoms with E-state index in [1.165, 1.54) is 32.4 Å². The van der Waals surface area contributed by atoms with Crippen LogP contribution in [-0.4, -0.2) is 23.5 Å². The lowest BCUT2D eigenvalue weighted by atomic mass is 9.52. The van der Waals surface area contributed by atoms with Crippen LogP contribution in [0.3, 0.4) is 0 Å². The molecular weight excluding hydrogens is 218 g/mol. The molecule has 0 saturated heterocycles. The fourth-order valence-electron chi connectivity index (χ4n) is 6.12. The Morgan fingerprint density at radius 1 is 1.06 bits per heavy atom. The molecule has 1 aliphatic heterocycles. The second kappa shape index (κ2) is 3.85. The van der Waals surface area contributed by atoms with E-state index in [0.717, 1.165) is 23.7 Å². The molecule has 5 aliphatic rings. The molecule has 4 aliphatic carbocycles. The van der Waals surface area contributed by atoms with Gasteiger partial charge in [-0.2, -0.15) is 0 Å². The molecule has 100 valence electrons. The Morgan fingerprint density at radius 2 is 1.61 bits per heavy atom. The Kier molecular flexibility index (Phi) is 2.46. The summed E-state index contributed by atoms with van der Waals surface area (Å²) < 4.78 is 0. The normalized spacial score (nSPS) is 51.6. The molecule has 4 saturated carbocycles. The van der Waals surface area contributed by atoms with Crippen LogP contribution in [0, 0.1) is 23.7 Å². The van der Waals surface area contributed by atoms with Crippen molar-refractivity contribution in [3.63, 3.8) is 0 Å². The molecule has 1 heterocycles. The van der Waals surface area contributed by atoms with Gasteiger partial charge < -0.3 is 0 Å². The van der Waals surface area contributed by atoms with Crippen molar-refractivity contribution >= 4 is 0 Å². The number of nitrogens with zero attached hydrogens (tertiary/aromatic N) is 1. The van der Waals surface area contributed by atoms with E-state index in [4.69, 9.17) is 0 Å². The van der Waals surface area contributed by atoms with E-state index in [2.05, 4.69) is 24.8 Å². The van der Waals surface area contributed by atoms with E-state index in [1.807, 2.05) is 0 Å². The van der Waals surface area contributed by atoms with Crippen LogP contribution in [0.4, 0.5) is 0 Å². The van der Waals surface area contributed by atoms with E-state index in [1.54, 1.807) is 24.8 Å². The summed E-state index contributed by atoms with van der Waals surface area (Å²) in [6.07, 6.45) is 11.8. The molecular formula is C17H27N. The molecule has 1 heteroatoms. The van der Waals surface area contributed by atoms with Crippen LogP contribution in [0.2, 0.25) is 0 Å². The van der Waals surface area contributed by atoms with Crippen LogP contribution < -0.4 is 0 Å². The molecule has 0 radical (unpaired) electrons. The van der Waals surface area contributed by atoms with Crippen molar-refractivity contribution in [2.24, 2.45) is 23.7 Å². The van der Waals surface area contributed by atoms with Crippen LogP contribution in [-0.2, 0) is 0 Å². The topological polar surface area (TPSA) is 3.24 Å². The maximum absolute atomic E-state index is 2.90. The van der Waals surface area contributed by atoms with Gasteiger partial charge in [0.2, 0.25) is 0 Å². The van der Waals surface area contributed by atoms with E-state index in [0.29, 0.717) is 5.54 Å². The molecule has 0 N–H and O–H groups in total. The Labute approximate surface area is 112 Å². The monoisotopic (exact) mass is 245 g/mol. The van der Waals surface area contributed by atoms with Gasteiger partial charge in [-0.3, -0.25) is 4.90 Å². The summed E-state index contributed by atoms with van der Waals surface area (Å²) >= 11 is 0. The quantitative estimate of drug-likeness (QED) is 0.634. The van der Waals surface area contributed by atoms with Gasteiger partial charge in [0.05, 0.1) is 0 Å². The summed E-state index contributed by atoms with van der Waals surface area (Å²) in [5, 5.41) is 0. The van der Waals surface area contributed by atoms with Crippen molar-refractivity contribution in [1.82, 2.24) is 4.90 Å². The molecule has 0 aromatic heterocycles. The fourth-order valence-corrected chi connectivity index (χ4v) is 6.12. The minimum atomic E-state index is 0.624. The van der Waals surface area contributed by atoms with Crippen molar-refractivity contribution < 1.29 is 0 Å². The second-order valence-corrected chi connectivity index (χ2v) is 8.01. The van der Waals surface area contributed by atoms with E-state index in [-0.39, 0.29) is 0 Å². The smallest absolute Gasteiger partial charge is 0.0221 e.